The van der Waals surface area contributed by atoms with Crippen molar-refractivity contribution >= 4 is 23.5 Å². The third-order valence-electron chi connectivity index (χ3n) is 7.04. The molecule has 0 unspecified atom stereocenters. The number of imide groups is 1. The monoisotopic (exact) mass is 403 g/mol. The van der Waals surface area contributed by atoms with Crippen LogP contribution in [0.5, 0.6) is 5.75 Å². The molecule has 2 aromatic carbocycles. The molecular weight excluding hydrogens is 385 g/mol. The summed E-state index contributed by atoms with van der Waals surface area (Å²) in [6.07, 6.45) is 5.36. The van der Waals surface area contributed by atoms with Crippen LogP contribution in [0.3, 0.4) is 0 Å². The van der Waals surface area contributed by atoms with Crippen molar-refractivity contribution < 1.29 is 23.5 Å². The van der Waals surface area contributed by atoms with Crippen LogP contribution >= 0.6 is 0 Å². The second kappa shape index (κ2) is 6.11. The normalized spacial score (nSPS) is 32.8. The second-order valence-electron chi connectivity index (χ2n) is 8.53. The zero-order chi connectivity index (χ0) is 20.6. The maximum Gasteiger partial charge on any atom is 0.346 e. The molecule has 1 aliphatic heterocycles. The molecule has 1 heterocycles. The molecule has 1 saturated heterocycles. The predicted octanol–water partition coefficient (Wildman–Crippen LogP) is 3.60. The van der Waals surface area contributed by atoms with Crippen LogP contribution in [-0.2, 0) is 9.59 Å². The van der Waals surface area contributed by atoms with E-state index in [2.05, 4.69) is 12.2 Å². The minimum Gasteiger partial charge on any atom is -0.423 e. The second-order valence-corrected chi connectivity index (χ2v) is 8.53. The largest absolute Gasteiger partial charge is 0.423 e. The lowest BCUT2D eigenvalue weighted by Crippen LogP contribution is -2.40. The number of amides is 2. The number of hydrogen-bond donors (Lipinski definition) is 0. The predicted molar refractivity (Wildman–Crippen MR) is 105 cm³/mol. The minimum atomic E-state index is -0.833. The van der Waals surface area contributed by atoms with Crippen LogP contribution in [0.25, 0.3) is 0 Å². The molecule has 0 aromatic heterocycles. The first-order chi connectivity index (χ1) is 14.5. The van der Waals surface area contributed by atoms with Crippen LogP contribution in [0.1, 0.15) is 16.8 Å². The highest BCUT2D eigenvalue weighted by atomic mass is 19.1. The van der Waals surface area contributed by atoms with Crippen LogP contribution in [0.2, 0.25) is 0 Å². The van der Waals surface area contributed by atoms with Gasteiger partial charge in [0.1, 0.15) is 11.6 Å². The fourth-order valence-corrected chi connectivity index (χ4v) is 5.69. The molecule has 2 aromatic rings. The van der Waals surface area contributed by atoms with E-state index >= 15 is 0 Å². The Labute approximate surface area is 172 Å². The molecule has 6 heteroatoms. The number of hydrogen-bond acceptors (Lipinski definition) is 4. The average Bonchev–Trinajstić information content (AvgIpc) is 3.52. The van der Waals surface area contributed by atoms with Crippen molar-refractivity contribution in [3.8, 4) is 5.75 Å². The molecule has 4 aliphatic carbocycles. The van der Waals surface area contributed by atoms with Gasteiger partial charge in [-0.25, -0.2) is 14.1 Å². The Morgan fingerprint density at radius 1 is 0.933 bits per heavy atom. The number of halogens is 1. The molecule has 30 heavy (non-hydrogen) atoms. The number of anilines is 1. The maximum atomic E-state index is 13.9. The number of carbonyl (C=O) groups is 3. The fraction of sp³-hybridized carbons (Fsp3) is 0.292. The number of esters is 1. The van der Waals surface area contributed by atoms with Crippen molar-refractivity contribution in [1.82, 2.24) is 0 Å². The summed E-state index contributed by atoms with van der Waals surface area (Å²) < 4.78 is 19.2. The van der Waals surface area contributed by atoms with Crippen LogP contribution in [0.4, 0.5) is 10.1 Å². The third-order valence-corrected chi connectivity index (χ3v) is 7.04. The summed E-state index contributed by atoms with van der Waals surface area (Å²) in [6, 6.07) is 11.9. The number of carbonyl (C=O) groups excluding carboxylic acids is 3. The quantitative estimate of drug-likeness (QED) is 0.340. The molecule has 150 valence electrons. The highest BCUT2D eigenvalue weighted by molar-refractivity contribution is 6.22. The summed E-state index contributed by atoms with van der Waals surface area (Å²) in [7, 11) is 0. The van der Waals surface area contributed by atoms with Gasteiger partial charge in [-0.3, -0.25) is 9.59 Å². The lowest BCUT2D eigenvalue weighted by molar-refractivity contribution is -0.124. The number of allylic oxidation sites excluding steroid dienone is 2. The molecule has 3 fully saturated rings. The van der Waals surface area contributed by atoms with E-state index in [1.54, 1.807) is 24.3 Å². The van der Waals surface area contributed by atoms with Crippen LogP contribution in [-0.4, -0.2) is 17.8 Å². The van der Waals surface area contributed by atoms with E-state index in [4.69, 9.17) is 4.74 Å². The van der Waals surface area contributed by atoms with Gasteiger partial charge in [-0.1, -0.05) is 30.4 Å². The van der Waals surface area contributed by atoms with E-state index < -0.39 is 11.8 Å². The first kappa shape index (κ1) is 17.6. The van der Waals surface area contributed by atoms with E-state index in [-0.39, 0.29) is 46.8 Å². The molecule has 0 radical (unpaired) electrons. The van der Waals surface area contributed by atoms with E-state index in [1.165, 1.54) is 29.2 Å². The van der Waals surface area contributed by atoms with Gasteiger partial charge < -0.3 is 4.74 Å². The SMILES string of the molecule is O=C(Oc1cccc(N2C(=O)[C@@H]3[C@H]4C=C[C@H]([C@@H]5C[C@H]45)[C@@H]3C2=O)c1)c1ccccc1F. The molecule has 6 atom stereocenters. The lowest BCUT2D eigenvalue weighted by Gasteiger charge is -2.37. The van der Waals surface area contributed by atoms with Gasteiger partial charge in [0.15, 0.2) is 0 Å². The van der Waals surface area contributed by atoms with Crippen molar-refractivity contribution in [2.45, 2.75) is 6.42 Å². The van der Waals surface area contributed by atoms with E-state index in [0.717, 1.165) is 6.42 Å². The van der Waals surface area contributed by atoms with Gasteiger partial charge in [0.05, 0.1) is 23.1 Å². The summed E-state index contributed by atoms with van der Waals surface area (Å²) >= 11 is 0. The molecule has 5 aliphatic rings. The van der Waals surface area contributed by atoms with Gasteiger partial charge in [0.25, 0.3) is 0 Å². The molecule has 2 saturated carbocycles. The molecular formula is C24H18FNO4. The summed E-state index contributed by atoms with van der Waals surface area (Å²) in [4.78, 5) is 40.0. The van der Waals surface area contributed by atoms with Crippen molar-refractivity contribution in [3.63, 3.8) is 0 Å². The van der Waals surface area contributed by atoms with Gasteiger partial charge in [-0.05, 0) is 54.4 Å². The fourth-order valence-electron chi connectivity index (χ4n) is 5.69. The summed E-state index contributed by atoms with van der Waals surface area (Å²) in [5.41, 5.74) is 0.204. The van der Waals surface area contributed by atoms with Gasteiger partial charge >= 0.3 is 5.97 Å². The Kier molecular flexibility index (Phi) is 3.58. The van der Waals surface area contributed by atoms with Crippen molar-refractivity contribution in [2.24, 2.45) is 35.5 Å². The van der Waals surface area contributed by atoms with Gasteiger partial charge in [0.2, 0.25) is 11.8 Å². The first-order valence-corrected chi connectivity index (χ1v) is 10.2. The zero-order valence-corrected chi connectivity index (χ0v) is 15.9. The smallest absolute Gasteiger partial charge is 0.346 e. The Morgan fingerprint density at radius 3 is 2.27 bits per heavy atom. The third kappa shape index (κ3) is 2.36. The summed E-state index contributed by atoms with van der Waals surface area (Å²) in [6.45, 7) is 0. The number of nitrogens with zero attached hydrogens (tertiary/aromatic N) is 1. The highest BCUT2D eigenvalue weighted by Crippen LogP contribution is 2.65. The maximum absolute atomic E-state index is 13.9. The van der Waals surface area contributed by atoms with Gasteiger partial charge in [-0.15, -0.1) is 0 Å². The molecule has 2 bridgehead atoms. The van der Waals surface area contributed by atoms with Crippen LogP contribution in [0.15, 0.2) is 60.7 Å². The molecule has 0 spiro atoms. The standard InChI is InChI=1S/C24H18FNO4/c25-19-7-2-1-6-16(19)24(29)30-13-5-3-4-12(10-13)26-22(27)20-14-8-9-15(18-11-17(14)18)21(20)23(26)28/h1-10,14-15,17-18,20-21H,11H2/t14-,15+,17+,18-,20+,21-. The number of benzene rings is 2. The van der Waals surface area contributed by atoms with Crippen LogP contribution < -0.4 is 9.64 Å². The number of ether oxygens (including phenoxy) is 1. The zero-order valence-electron chi connectivity index (χ0n) is 15.9. The molecule has 5 nitrogen and oxygen atoms in total. The lowest BCUT2D eigenvalue weighted by atomic mass is 9.63. The van der Waals surface area contributed by atoms with Crippen molar-refractivity contribution in [1.29, 1.82) is 0 Å². The van der Waals surface area contributed by atoms with Crippen LogP contribution in [0, 0.1) is 41.3 Å². The topological polar surface area (TPSA) is 63.7 Å². The average molecular weight is 403 g/mol. The Balaban J connectivity index is 1.29. The summed E-state index contributed by atoms with van der Waals surface area (Å²) in [5.74, 6) is -0.921. The van der Waals surface area contributed by atoms with Crippen molar-refractivity contribution in [3.05, 3.63) is 72.1 Å². The van der Waals surface area contributed by atoms with E-state index in [0.29, 0.717) is 17.5 Å². The minimum absolute atomic E-state index is 0.147. The Hall–Kier alpha value is -3.28. The highest BCUT2D eigenvalue weighted by Gasteiger charge is 2.67. The first-order valence-electron chi connectivity index (χ1n) is 10.2. The van der Waals surface area contributed by atoms with Gasteiger partial charge in [-0.2, -0.15) is 0 Å². The molecule has 7 rings (SSSR count). The molecule has 2 amide bonds. The van der Waals surface area contributed by atoms with Crippen molar-refractivity contribution in [2.75, 3.05) is 4.90 Å². The Morgan fingerprint density at radius 2 is 1.60 bits per heavy atom. The van der Waals surface area contributed by atoms with E-state index in [9.17, 15) is 18.8 Å². The number of rotatable bonds is 3. The van der Waals surface area contributed by atoms with E-state index in [1.807, 2.05) is 0 Å². The Bertz CT molecular complexity index is 1110. The molecule has 0 N–H and O–H groups in total. The van der Waals surface area contributed by atoms with Gasteiger partial charge in [0, 0.05) is 6.07 Å². The summed E-state index contributed by atoms with van der Waals surface area (Å²) in [5, 5.41) is 0.